The van der Waals surface area contributed by atoms with E-state index in [1.54, 1.807) is 0 Å². The van der Waals surface area contributed by atoms with Gasteiger partial charge < -0.3 is 10.6 Å². The van der Waals surface area contributed by atoms with Gasteiger partial charge in [0.05, 0.1) is 5.52 Å². The summed E-state index contributed by atoms with van der Waals surface area (Å²) in [6, 6.07) is 10.8. The third-order valence-electron chi connectivity index (χ3n) is 3.71. The minimum atomic E-state index is 0. The van der Waals surface area contributed by atoms with Gasteiger partial charge in [0.2, 0.25) is 0 Å². The molecule has 2 aromatic rings. The Morgan fingerprint density at radius 3 is 2.74 bits per heavy atom. The number of aromatic nitrogens is 1. The largest absolute Gasteiger partial charge is 0.357 e. The zero-order chi connectivity index (χ0) is 15.8. The third kappa shape index (κ3) is 5.97. The smallest absolute Gasteiger partial charge is 0.191 e. The normalized spacial score (nSPS) is 12.6. The van der Waals surface area contributed by atoms with E-state index in [4.69, 9.17) is 0 Å². The van der Waals surface area contributed by atoms with Crippen molar-refractivity contribution in [2.45, 2.75) is 39.7 Å². The lowest BCUT2D eigenvalue weighted by Crippen LogP contribution is -2.42. The first kappa shape index (κ1) is 19.7. The Hall–Kier alpha value is -1.37. The molecule has 0 spiro atoms. The van der Waals surface area contributed by atoms with E-state index in [-0.39, 0.29) is 24.0 Å². The molecule has 0 saturated heterocycles. The molecule has 4 nitrogen and oxygen atoms in total. The molecule has 126 valence electrons. The van der Waals surface area contributed by atoms with Gasteiger partial charge in [-0.3, -0.25) is 9.98 Å². The predicted octanol–water partition coefficient (Wildman–Crippen LogP) is 3.75. The van der Waals surface area contributed by atoms with Crippen LogP contribution in [0.5, 0.6) is 0 Å². The maximum Gasteiger partial charge on any atom is 0.191 e. The van der Waals surface area contributed by atoms with Gasteiger partial charge in [-0.15, -0.1) is 24.0 Å². The van der Waals surface area contributed by atoms with Crippen LogP contribution in [0.2, 0.25) is 0 Å². The summed E-state index contributed by atoms with van der Waals surface area (Å²) in [6.45, 7) is 8.05. The molecule has 0 saturated carbocycles. The molecule has 1 atom stereocenters. The van der Waals surface area contributed by atoms with E-state index >= 15 is 0 Å². The molecule has 1 heterocycles. The number of nitrogens with one attached hydrogen (secondary N) is 2. The van der Waals surface area contributed by atoms with Crippen LogP contribution in [0, 0.1) is 0 Å². The van der Waals surface area contributed by atoms with Gasteiger partial charge in [-0.1, -0.05) is 31.2 Å². The van der Waals surface area contributed by atoms with E-state index < -0.39 is 0 Å². The minimum Gasteiger partial charge on any atom is -0.357 e. The fraction of sp³-hybridized carbons (Fsp3) is 0.444. The Labute approximate surface area is 156 Å². The van der Waals surface area contributed by atoms with Gasteiger partial charge in [0.25, 0.3) is 0 Å². The number of pyridine rings is 1. The number of para-hydroxylation sites is 1. The third-order valence-corrected chi connectivity index (χ3v) is 3.71. The molecule has 0 aliphatic heterocycles. The molecule has 1 aromatic heterocycles. The number of guanidine groups is 1. The second-order valence-electron chi connectivity index (χ2n) is 5.46. The van der Waals surface area contributed by atoms with Crippen molar-refractivity contribution in [1.29, 1.82) is 0 Å². The van der Waals surface area contributed by atoms with Crippen molar-refractivity contribution in [3.05, 3.63) is 42.1 Å². The number of hydrogen-bond donors (Lipinski definition) is 2. The number of fused-ring (bicyclic) bond motifs is 1. The maximum atomic E-state index is 4.67. The van der Waals surface area contributed by atoms with Crippen LogP contribution in [0.1, 0.15) is 32.8 Å². The number of benzene rings is 1. The summed E-state index contributed by atoms with van der Waals surface area (Å²) < 4.78 is 0. The molecule has 0 radical (unpaired) electrons. The molecule has 0 bridgehead atoms. The fourth-order valence-electron chi connectivity index (χ4n) is 2.31. The Morgan fingerprint density at radius 2 is 2.00 bits per heavy atom. The van der Waals surface area contributed by atoms with E-state index in [9.17, 15) is 0 Å². The lowest BCUT2D eigenvalue weighted by molar-refractivity contribution is 0.624. The van der Waals surface area contributed by atoms with Crippen LogP contribution in [0.3, 0.4) is 0 Å². The Morgan fingerprint density at radius 1 is 1.22 bits per heavy atom. The summed E-state index contributed by atoms with van der Waals surface area (Å²) in [7, 11) is 0. The second kappa shape index (κ2) is 10.4. The molecule has 23 heavy (non-hydrogen) atoms. The number of halogens is 1. The molecule has 2 rings (SSSR count). The summed E-state index contributed by atoms with van der Waals surface area (Å²) in [5.41, 5.74) is 2.33. The highest BCUT2D eigenvalue weighted by atomic mass is 127. The van der Waals surface area contributed by atoms with Crippen molar-refractivity contribution in [3.8, 4) is 0 Å². The average molecular weight is 426 g/mol. The van der Waals surface area contributed by atoms with Crippen LogP contribution in [0.25, 0.3) is 10.9 Å². The molecule has 0 aliphatic rings. The van der Waals surface area contributed by atoms with Gasteiger partial charge in [0.1, 0.15) is 0 Å². The standard InChI is InChI=1S/C18H26N4.HI/c1-4-14(3)22-18(19-5-2)21-13-11-16-9-6-8-15-10-7-12-20-17(15)16;/h6-10,12,14H,4-5,11,13H2,1-3H3,(H2,19,21,22);1H. The topological polar surface area (TPSA) is 49.3 Å². The zero-order valence-electron chi connectivity index (χ0n) is 14.2. The first-order valence-electron chi connectivity index (χ1n) is 8.12. The highest BCUT2D eigenvalue weighted by Gasteiger charge is 2.04. The van der Waals surface area contributed by atoms with Crippen molar-refractivity contribution in [2.24, 2.45) is 4.99 Å². The molecule has 1 unspecified atom stereocenters. The van der Waals surface area contributed by atoms with Gasteiger partial charge >= 0.3 is 0 Å². The molecule has 0 fully saturated rings. The Kier molecular flexibility index (Phi) is 8.91. The van der Waals surface area contributed by atoms with Crippen molar-refractivity contribution >= 4 is 40.8 Å². The van der Waals surface area contributed by atoms with Crippen LogP contribution < -0.4 is 10.6 Å². The monoisotopic (exact) mass is 426 g/mol. The first-order chi connectivity index (χ1) is 10.7. The van der Waals surface area contributed by atoms with Crippen LogP contribution >= 0.6 is 24.0 Å². The Bertz CT molecular complexity index is 622. The quantitative estimate of drug-likeness (QED) is 0.420. The van der Waals surface area contributed by atoms with Crippen molar-refractivity contribution in [3.63, 3.8) is 0 Å². The van der Waals surface area contributed by atoms with E-state index in [2.05, 4.69) is 65.6 Å². The van der Waals surface area contributed by atoms with Crippen LogP contribution in [0.4, 0.5) is 0 Å². The molecular weight excluding hydrogens is 399 g/mol. The predicted molar refractivity (Wildman–Crippen MR) is 110 cm³/mol. The molecule has 2 N–H and O–H groups in total. The highest BCUT2D eigenvalue weighted by molar-refractivity contribution is 14.0. The lowest BCUT2D eigenvalue weighted by Gasteiger charge is -2.16. The van der Waals surface area contributed by atoms with E-state index in [0.717, 1.165) is 37.4 Å². The number of aliphatic imine (C=N–C) groups is 1. The van der Waals surface area contributed by atoms with E-state index in [1.807, 2.05) is 12.3 Å². The summed E-state index contributed by atoms with van der Waals surface area (Å²) >= 11 is 0. The molecular formula is C18H27IN4. The van der Waals surface area contributed by atoms with Gasteiger partial charge in [0.15, 0.2) is 5.96 Å². The molecule has 5 heteroatoms. The van der Waals surface area contributed by atoms with Crippen molar-refractivity contribution in [2.75, 3.05) is 13.1 Å². The second-order valence-corrected chi connectivity index (χ2v) is 5.46. The van der Waals surface area contributed by atoms with Gasteiger partial charge in [-0.2, -0.15) is 0 Å². The molecule has 1 aromatic carbocycles. The molecule has 0 aliphatic carbocycles. The Balaban J connectivity index is 0.00000264. The van der Waals surface area contributed by atoms with Crippen molar-refractivity contribution < 1.29 is 0 Å². The summed E-state index contributed by atoms with van der Waals surface area (Å²) in [4.78, 5) is 9.17. The average Bonchev–Trinajstić information content (AvgIpc) is 2.55. The van der Waals surface area contributed by atoms with E-state index in [0.29, 0.717) is 6.04 Å². The summed E-state index contributed by atoms with van der Waals surface area (Å²) in [5, 5.41) is 7.90. The van der Waals surface area contributed by atoms with Crippen molar-refractivity contribution in [1.82, 2.24) is 15.6 Å². The molecule has 0 amide bonds. The van der Waals surface area contributed by atoms with Crippen LogP contribution in [-0.4, -0.2) is 30.1 Å². The van der Waals surface area contributed by atoms with Crippen LogP contribution in [0.15, 0.2) is 41.5 Å². The zero-order valence-corrected chi connectivity index (χ0v) is 16.5. The highest BCUT2D eigenvalue weighted by Crippen LogP contribution is 2.16. The fourth-order valence-corrected chi connectivity index (χ4v) is 2.31. The van der Waals surface area contributed by atoms with Gasteiger partial charge in [-0.05, 0) is 38.3 Å². The SMILES string of the molecule is CCNC(=NCCc1cccc2cccnc12)NC(C)CC.I. The number of nitrogens with zero attached hydrogens (tertiary/aromatic N) is 2. The summed E-state index contributed by atoms with van der Waals surface area (Å²) in [6.07, 6.45) is 3.83. The minimum absolute atomic E-state index is 0. The first-order valence-corrected chi connectivity index (χ1v) is 8.12. The number of hydrogen-bond acceptors (Lipinski definition) is 2. The van der Waals surface area contributed by atoms with Gasteiger partial charge in [0, 0.05) is 30.7 Å². The summed E-state index contributed by atoms with van der Waals surface area (Å²) in [5.74, 6) is 0.894. The maximum absolute atomic E-state index is 4.67. The van der Waals surface area contributed by atoms with Crippen LogP contribution in [-0.2, 0) is 6.42 Å². The van der Waals surface area contributed by atoms with E-state index in [1.165, 1.54) is 10.9 Å². The lowest BCUT2D eigenvalue weighted by atomic mass is 10.1. The van der Waals surface area contributed by atoms with Gasteiger partial charge in [-0.25, -0.2) is 0 Å². The number of rotatable bonds is 6.